The highest BCUT2D eigenvalue weighted by Gasteiger charge is 2.44. The van der Waals surface area contributed by atoms with Crippen molar-refractivity contribution in [2.24, 2.45) is 0 Å². The first kappa shape index (κ1) is 27.2. The number of amides is 1. The van der Waals surface area contributed by atoms with Gasteiger partial charge in [-0.25, -0.2) is 4.79 Å². The predicted octanol–water partition coefficient (Wildman–Crippen LogP) is 0.958. The maximum absolute atomic E-state index is 12.8. The first-order valence-corrected chi connectivity index (χ1v) is 12.0. The van der Waals surface area contributed by atoms with Crippen molar-refractivity contribution < 1.29 is 44.6 Å². The van der Waals surface area contributed by atoms with Crippen molar-refractivity contribution in [3.63, 3.8) is 0 Å². The summed E-state index contributed by atoms with van der Waals surface area (Å²) in [7, 11) is 0. The number of rotatable bonds is 9. The van der Waals surface area contributed by atoms with E-state index in [0.717, 1.165) is 5.56 Å². The molecule has 10 heteroatoms. The van der Waals surface area contributed by atoms with Crippen LogP contribution in [0.2, 0.25) is 0 Å². The fourth-order valence-electron chi connectivity index (χ4n) is 4.19. The third-order valence-electron chi connectivity index (χ3n) is 6.32. The summed E-state index contributed by atoms with van der Waals surface area (Å²) in [5.74, 6) is -1.38. The van der Waals surface area contributed by atoms with Crippen LogP contribution in [0.25, 0.3) is 11.1 Å². The van der Waals surface area contributed by atoms with Crippen molar-refractivity contribution in [2.45, 2.75) is 43.2 Å². The van der Waals surface area contributed by atoms with Crippen LogP contribution >= 0.6 is 0 Å². The van der Waals surface area contributed by atoms with Crippen LogP contribution in [0.3, 0.4) is 0 Å². The van der Waals surface area contributed by atoms with Crippen molar-refractivity contribution in [3.05, 3.63) is 90.0 Å². The smallest absolute Gasteiger partial charge is 0.326 e. The van der Waals surface area contributed by atoms with Gasteiger partial charge in [-0.3, -0.25) is 4.79 Å². The molecule has 1 saturated heterocycles. The van der Waals surface area contributed by atoms with Crippen LogP contribution in [0.5, 0.6) is 5.75 Å². The number of aliphatic hydroxyl groups is 4. The summed E-state index contributed by atoms with van der Waals surface area (Å²) >= 11 is 0. The molecule has 0 bridgehead atoms. The number of aliphatic carboxylic acids is 1. The van der Waals surface area contributed by atoms with Crippen LogP contribution in [0.1, 0.15) is 15.9 Å². The topological polar surface area (TPSA) is 166 Å². The zero-order valence-electron chi connectivity index (χ0n) is 20.3. The second-order valence-corrected chi connectivity index (χ2v) is 8.94. The van der Waals surface area contributed by atoms with E-state index in [9.17, 15) is 35.1 Å². The van der Waals surface area contributed by atoms with Gasteiger partial charge in [-0.15, -0.1) is 0 Å². The van der Waals surface area contributed by atoms with Crippen molar-refractivity contribution in [1.82, 2.24) is 5.32 Å². The molecule has 38 heavy (non-hydrogen) atoms. The third kappa shape index (κ3) is 6.18. The Bertz CT molecular complexity index is 1230. The number of carboxylic acids is 1. The second kappa shape index (κ2) is 12.2. The van der Waals surface area contributed by atoms with Gasteiger partial charge < -0.3 is 40.3 Å². The van der Waals surface area contributed by atoms with Crippen molar-refractivity contribution in [3.8, 4) is 16.9 Å². The number of para-hydroxylation sites is 1. The number of ether oxygens (including phenoxy) is 2. The number of carbonyl (C=O) groups excluding carboxylic acids is 1. The highest BCUT2D eigenvalue weighted by Crippen LogP contribution is 2.33. The molecule has 10 nitrogen and oxygen atoms in total. The lowest BCUT2D eigenvalue weighted by atomic mass is 9.99. The van der Waals surface area contributed by atoms with Crippen LogP contribution in [-0.4, -0.2) is 80.8 Å². The summed E-state index contributed by atoms with van der Waals surface area (Å²) in [5, 5.41) is 51.9. The Labute approximate surface area is 218 Å². The molecule has 1 fully saturated rings. The maximum atomic E-state index is 12.8. The van der Waals surface area contributed by atoms with E-state index in [-0.39, 0.29) is 12.0 Å². The number of carbonyl (C=O) groups is 2. The molecule has 200 valence electrons. The number of hydrogen-bond donors (Lipinski definition) is 6. The van der Waals surface area contributed by atoms with Crippen LogP contribution < -0.4 is 10.1 Å². The fraction of sp³-hybridized carbons (Fsp3) is 0.286. The molecule has 0 radical (unpaired) electrons. The number of carboxylic acid groups (broad SMARTS) is 1. The Balaban J connectivity index is 1.48. The molecule has 4 rings (SSSR count). The van der Waals surface area contributed by atoms with E-state index in [1.807, 2.05) is 6.07 Å². The van der Waals surface area contributed by atoms with Gasteiger partial charge in [0, 0.05) is 17.5 Å². The number of nitrogens with one attached hydrogen (secondary N) is 1. The van der Waals surface area contributed by atoms with Crippen molar-refractivity contribution in [1.29, 1.82) is 0 Å². The van der Waals surface area contributed by atoms with Gasteiger partial charge in [0.05, 0.1) is 6.61 Å². The molecule has 3 aromatic rings. The lowest BCUT2D eigenvalue weighted by Gasteiger charge is -2.39. The zero-order valence-corrected chi connectivity index (χ0v) is 20.3. The average Bonchev–Trinajstić information content (AvgIpc) is 2.94. The van der Waals surface area contributed by atoms with Gasteiger partial charge in [0.2, 0.25) is 6.29 Å². The molecule has 1 aliphatic rings. The van der Waals surface area contributed by atoms with E-state index >= 15 is 0 Å². The SMILES string of the molecule is O=C(N[C@@H](Cc1ccccc1)C(=O)O)c1ccc(-c2ccccc2O[C@@H]2O[C@H](CO)[C@@H](O)[C@H](O)[C@@H]2O)cc1. The Hall–Kier alpha value is -3.80. The van der Waals surface area contributed by atoms with E-state index in [2.05, 4.69) is 5.32 Å². The number of aliphatic hydroxyl groups excluding tert-OH is 4. The number of benzene rings is 3. The summed E-state index contributed by atoms with van der Waals surface area (Å²) in [5.41, 5.74) is 2.29. The molecule has 1 amide bonds. The number of hydrogen-bond acceptors (Lipinski definition) is 8. The van der Waals surface area contributed by atoms with Gasteiger partial charge in [-0.05, 0) is 29.3 Å². The Morgan fingerprint density at radius 3 is 2.18 bits per heavy atom. The lowest BCUT2D eigenvalue weighted by Crippen LogP contribution is -2.60. The van der Waals surface area contributed by atoms with Crippen LogP contribution in [0.4, 0.5) is 0 Å². The molecule has 1 aliphatic heterocycles. The minimum atomic E-state index is -1.58. The molecule has 0 aromatic heterocycles. The molecule has 0 unspecified atom stereocenters. The molecule has 3 aromatic carbocycles. The standard InChI is InChI=1S/C28H29NO9/c30-15-22-23(31)24(32)25(33)28(38-22)37-21-9-5-4-8-19(21)17-10-12-18(13-11-17)26(34)29-20(27(35)36)14-16-6-2-1-3-7-16/h1-13,20,22-25,28,30-33H,14-15H2,(H,29,34)(H,35,36)/t20-,22+,23+,24-,25-,28+/m0/s1. The van der Waals surface area contributed by atoms with E-state index in [4.69, 9.17) is 9.47 Å². The Morgan fingerprint density at radius 2 is 1.53 bits per heavy atom. The third-order valence-corrected chi connectivity index (χ3v) is 6.32. The van der Waals surface area contributed by atoms with Gasteiger partial charge in [0.15, 0.2) is 0 Å². The molecule has 0 aliphatic carbocycles. The lowest BCUT2D eigenvalue weighted by molar-refractivity contribution is -0.277. The monoisotopic (exact) mass is 523 g/mol. The first-order chi connectivity index (χ1) is 18.3. The van der Waals surface area contributed by atoms with Gasteiger partial charge in [-0.1, -0.05) is 60.7 Å². The molecule has 1 heterocycles. The second-order valence-electron chi connectivity index (χ2n) is 8.94. The van der Waals surface area contributed by atoms with Crippen molar-refractivity contribution >= 4 is 11.9 Å². The Kier molecular flexibility index (Phi) is 8.72. The molecule has 6 N–H and O–H groups in total. The molecule has 6 atom stereocenters. The van der Waals surface area contributed by atoms with Crippen LogP contribution in [-0.2, 0) is 16.0 Å². The van der Waals surface area contributed by atoms with Gasteiger partial charge in [-0.2, -0.15) is 0 Å². The Morgan fingerprint density at radius 1 is 0.868 bits per heavy atom. The quantitative estimate of drug-likeness (QED) is 0.240. The average molecular weight is 524 g/mol. The fourth-order valence-corrected chi connectivity index (χ4v) is 4.19. The molecular weight excluding hydrogens is 494 g/mol. The summed E-state index contributed by atoms with van der Waals surface area (Å²) in [6, 6.07) is 21.2. The molecular formula is C28H29NO9. The minimum absolute atomic E-state index is 0.142. The highest BCUT2D eigenvalue weighted by molar-refractivity contribution is 5.97. The molecule has 0 spiro atoms. The van der Waals surface area contributed by atoms with Crippen molar-refractivity contribution in [2.75, 3.05) is 6.61 Å². The van der Waals surface area contributed by atoms with E-state index in [1.165, 1.54) is 0 Å². The first-order valence-electron chi connectivity index (χ1n) is 12.0. The summed E-state index contributed by atoms with van der Waals surface area (Å²) in [6.45, 7) is -0.579. The van der Waals surface area contributed by atoms with Gasteiger partial charge in [0.25, 0.3) is 5.91 Å². The van der Waals surface area contributed by atoms with Crippen LogP contribution in [0, 0.1) is 0 Å². The van der Waals surface area contributed by atoms with E-state index < -0.39 is 55.2 Å². The summed E-state index contributed by atoms with van der Waals surface area (Å²) in [4.78, 5) is 24.5. The predicted molar refractivity (Wildman–Crippen MR) is 135 cm³/mol. The summed E-state index contributed by atoms with van der Waals surface area (Å²) < 4.78 is 11.3. The highest BCUT2D eigenvalue weighted by atomic mass is 16.7. The van der Waals surface area contributed by atoms with Crippen LogP contribution in [0.15, 0.2) is 78.9 Å². The normalized spacial score (nSPS) is 23.8. The largest absolute Gasteiger partial charge is 0.480 e. The van der Waals surface area contributed by atoms with Gasteiger partial charge >= 0.3 is 5.97 Å². The summed E-state index contributed by atoms with van der Waals surface area (Å²) in [6.07, 6.45) is -6.97. The zero-order chi connectivity index (χ0) is 27.2. The van der Waals surface area contributed by atoms with E-state index in [0.29, 0.717) is 16.9 Å². The van der Waals surface area contributed by atoms with E-state index in [1.54, 1.807) is 72.8 Å². The molecule has 0 saturated carbocycles. The minimum Gasteiger partial charge on any atom is -0.480 e. The maximum Gasteiger partial charge on any atom is 0.326 e. The van der Waals surface area contributed by atoms with Gasteiger partial charge in [0.1, 0.15) is 36.2 Å².